The number of hydrogen-bond acceptors (Lipinski definition) is 5. The molecule has 0 fully saturated rings. The van der Waals surface area contributed by atoms with Crippen LogP contribution in [0, 0.1) is 11.3 Å². The normalized spacial score (nSPS) is 14.4. The van der Waals surface area contributed by atoms with Gasteiger partial charge in [0.15, 0.2) is 0 Å². The van der Waals surface area contributed by atoms with Crippen molar-refractivity contribution in [3.05, 3.63) is 23.9 Å². The molecule has 1 aromatic heterocycles. The molecule has 0 saturated carbocycles. The number of pyridine rings is 1. The fraction of sp³-hybridized carbons (Fsp3) is 0.333. The first-order valence-electron chi connectivity index (χ1n) is 4.10. The van der Waals surface area contributed by atoms with Crippen LogP contribution in [0.4, 0.5) is 5.82 Å². The number of nitrogens with two attached hydrogens (primary N) is 1. The highest BCUT2D eigenvalue weighted by Crippen LogP contribution is 2.22. The number of aliphatic hydroxyl groups excluding tert-OH is 2. The summed E-state index contributed by atoms with van der Waals surface area (Å²) in [4.78, 5) is 3.77. The number of aromatic nitrogens is 1. The van der Waals surface area contributed by atoms with Crippen molar-refractivity contribution in [3.8, 4) is 6.07 Å². The predicted octanol–water partition coefficient (Wildman–Crippen LogP) is -0.0282. The van der Waals surface area contributed by atoms with Crippen molar-refractivity contribution in [3.63, 3.8) is 0 Å². The first-order valence-corrected chi connectivity index (χ1v) is 4.10. The minimum atomic E-state index is -1.16. The molecular weight excluding hydrogens is 182 g/mol. The van der Waals surface area contributed by atoms with Crippen molar-refractivity contribution < 1.29 is 10.2 Å². The highest BCUT2D eigenvalue weighted by atomic mass is 16.3. The maximum atomic E-state index is 9.58. The van der Waals surface area contributed by atoms with Gasteiger partial charge in [0.2, 0.25) is 0 Å². The summed E-state index contributed by atoms with van der Waals surface area (Å²) < 4.78 is 0. The second kappa shape index (κ2) is 4.56. The number of nitriles is 1. The highest BCUT2D eigenvalue weighted by Gasteiger charge is 2.20. The zero-order valence-corrected chi connectivity index (χ0v) is 7.46. The van der Waals surface area contributed by atoms with Gasteiger partial charge in [-0.15, -0.1) is 0 Å². The van der Waals surface area contributed by atoms with Gasteiger partial charge in [0.25, 0.3) is 0 Å². The Morgan fingerprint density at radius 3 is 2.86 bits per heavy atom. The molecule has 1 heterocycles. The third kappa shape index (κ3) is 2.19. The summed E-state index contributed by atoms with van der Waals surface area (Å²) in [6.45, 7) is 0. The Balaban J connectivity index is 2.84. The molecule has 0 radical (unpaired) electrons. The average molecular weight is 193 g/mol. The van der Waals surface area contributed by atoms with E-state index in [-0.39, 0.29) is 12.2 Å². The van der Waals surface area contributed by atoms with Crippen LogP contribution in [0.1, 0.15) is 18.1 Å². The standard InChI is InChI=1S/C9H11N3O2/c10-4-3-7(13)8(14)6-2-1-5-12-9(6)11/h1-2,5,7-8,13-14H,3H2,(H2,11,12). The lowest BCUT2D eigenvalue weighted by Crippen LogP contribution is -2.19. The fourth-order valence-electron chi connectivity index (χ4n) is 1.09. The Morgan fingerprint density at radius 2 is 2.29 bits per heavy atom. The van der Waals surface area contributed by atoms with Crippen molar-refractivity contribution in [2.45, 2.75) is 18.6 Å². The lowest BCUT2D eigenvalue weighted by atomic mass is 10.0. The van der Waals surface area contributed by atoms with Crippen molar-refractivity contribution in [1.29, 1.82) is 5.26 Å². The van der Waals surface area contributed by atoms with Crippen molar-refractivity contribution in [2.24, 2.45) is 0 Å². The van der Waals surface area contributed by atoms with Crippen LogP contribution < -0.4 is 5.73 Å². The fourth-order valence-corrected chi connectivity index (χ4v) is 1.09. The van der Waals surface area contributed by atoms with E-state index in [1.165, 1.54) is 6.20 Å². The Kier molecular flexibility index (Phi) is 3.40. The molecule has 2 unspecified atom stereocenters. The second-order valence-corrected chi connectivity index (χ2v) is 2.85. The molecular formula is C9H11N3O2. The monoisotopic (exact) mass is 193 g/mol. The molecule has 0 aliphatic heterocycles. The van der Waals surface area contributed by atoms with Gasteiger partial charge in [-0.05, 0) is 6.07 Å². The summed E-state index contributed by atoms with van der Waals surface area (Å²) in [6, 6.07) is 4.93. The van der Waals surface area contributed by atoms with Gasteiger partial charge in [0.05, 0.1) is 18.6 Å². The van der Waals surface area contributed by atoms with E-state index in [2.05, 4.69) is 4.98 Å². The molecule has 0 aromatic carbocycles. The van der Waals surface area contributed by atoms with E-state index in [0.29, 0.717) is 5.56 Å². The lowest BCUT2D eigenvalue weighted by Gasteiger charge is -2.16. The number of nitrogen functional groups attached to an aromatic ring is 1. The van der Waals surface area contributed by atoms with E-state index >= 15 is 0 Å². The van der Waals surface area contributed by atoms with Crippen LogP contribution in [-0.2, 0) is 0 Å². The molecule has 0 spiro atoms. The number of rotatable bonds is 3. The van der Waals surface area contributed by atoms with Gasteiger partial charge in [-0.25, -0.2) is 4.98 Å². The van der Waals surface area contributed by atoms with E-state index in [0.717, 1.165) is 0 Å². The number of anilines is 1. The SMILES string of the molecule is N#CCC(O)C(O)c1cccnc1N. The summed E-state index contributed by atoms with van der Waals surface area (Å²) >= 11 is 0. The molecule has 0 aliphatic rings. The summed E-state index contributed by atoms with van der Waals surface area (Å²) in [5.41, 5.74) is 5.83. The van der Waals surface area contributed by atoms with E-state index in [1.54, 1.807) is 18.2 Å². The van der Waals surface area contributed by atoms with Gasteiger partial charge in [-0.1, -0.05) is 6.07 Å². The zero-order chi connectivity index (χ0) is 10.6. The molecule has 4 N–H and O–H groups in total. The van der Waals surface area contributed by atoms with Crippen molar-refractivity contribution in [2.75, 3.05) is 5.73 Å². The van der Waals surface area contributed by atoms with Gasteiger partial charge in [0, 0.05) is 11.8 Å². The van der Waals surface area contributed by atoms with E-state index in [9.17, 15) is 10.2 Å². The van der Waals surface area contributed by atoms with Gasteiger partial charge < -0.3 is 15.9 Å². The highest BCUT2D eigenvalue weighted by molar-refractivity contribution is 5.40. The molecule has 14 heavy (non-hydrogen) atoms. The first kappa shape index (κ1) is 10.4. The van der Waals surface area contributed by atoms with Gasteiger partial charge in [-0.3, -0.25) is 0 Å². The molecule has 5 nitrogen and oxygen atoms in total. The quantitative estimate of drug-likeness (QED) is 0.625. The van der Waals surface area contributed by atoms with Crippen molar-refractivity contribution >= 4 is 5.82 Å². The topological polar surface area (TPSA) is 103 Å². The molecule has 5 heteroatoms. The molecule has 74 valence electrons. The van der Waals surface area contributed by atoms with Crippen LogP contribution in [0.15, 0.2) is 18.3 Å². The number of nitrogens with zero attached hydrogens (tertiary/aromatic N) is 2. The van der Waals surface area contributed by atoms with Crippen LogP contribution in [0.2, 0.25) is 0 Å². The maximum absolute atomic E-state index is 9.58. The molecule has 1 aromatic rings. The van der Waals surface area contributed by atoms with Crippen molar-refractivity contribution in [1.82, 2.24) is 4.98 Å². The van der Waals surface area contributed by atoms with Crippen LogP contribution in [0.5, 0.6) is 0 Å². The van der Waals surface area contributed by atoms with E-state index < -0.39 is 12.2 Å². The minimum Gasteiger partial charge on any atom is -0.389 e. The molecule has 0 saturated heterocycles. The van der Waals surface area contributed by atoms with Crippen LogP contribution in [0.25, 0.3) is 0 Å². The summed E-state index contributed by atoms with van der Waals surface area (Å²) in [7, 11) is 0. The maximum Gasteiger partial charge on any atom is 0.129 e. The third-order valence-electron chi connectivity index (χ3n) is 1.85. The summed E-state index contributed by atoms with van der Waals surface area (Å²) in [5.74, 6) is 0.164. The minimum absolute atomic E-state index is 0.143. The van der Waals surface area contributed by atoms with E-state index in [4.69, 9.17) is 11.0 Å². The Morgan fingerprint density at radius 1 is 1.57 bits per heavy atom. The Labute approximate surface area is 81.4 Å². The van der Waals surface area contributed by atoms with Crippen LogP contribution >= 0.6 is 0 Å². The Bertz CT molecular complexity index is 348. The Hall–Kier alpha value is -1.64. The summed E-state index contributed by atoms with van der Waals surface area (Å²) in [5, 5.41) is 27.3. The largest absolute Gasteiger partial charge is 0.389 e. The van der Waals surface area contributed by atoms with E-state index in [1.807, 2.05) is 0 Å². The molecule has 0 aliphatic carbocycles. The number of aliphatic hydroxyl groups is 2. The smallest absolute Gasteiger partial charge is 0.129 e. The molecule has 1 rings (SSSR count). The zero-order valence-electron chi connectivity index (χ0n) is 7.46. The van der Waals surface area contributed by atoms with Gasteiger partial charge in [0.1, 0.15) is 11.9 Å². The molecule has 0 amide bonds. The number of hydrogen-bond donors (Lipinski definition) is 3. The lowest BCUT2D eigenvalue weighted by molar-refractivity contribution is 0.0219. The molecule has 2 atom stereocenters. The first-order chi connectivity index (χ1) is 6.66. The third-order valence-corrected chi connectivity index (χ3v) is 1.85. The van der Waals surface area contributed by atoms with Crippen LogP contribution in [-0.4, -0.2) is 21.3 Å². The van der Waals surface area contributed by atoms with Gasteiger partial charge in [-0.2, -0.15) is 5.26 Å². The predicted molar refractivity (Wildman–Crippen MR) is 49.8 cm³/mol. The molecule has 0 bridgehead atoms. The average Bonchev–Trinajstić information content (AvgIpc) is 2.18. The van der Waals surface area contributed by atoms with Crippen LogP contribution in [0.3, 0.4) is 0 Å². The summed E-state index contributed by atoms with van der Waals surface area (Å²) in [6.07, 6.45) is -0.951. The second-order valence-electron chi connectivity index (χ2n) is 2.85. The van der Waals surface area contributed by atoms with Gasteiger partial charge >= 0.3 is 0 Å².